The minimum Gasteiger partial charge on any atom is -0.465 e. The fraction of sp³-hybridized carbons (Fsp3) is 0.333. The van der Waals surface area contributed by atoms with E-state index < -0.39 is 0 Å². The molecule has 20 heavy (non-hydrogen) atoms. The lowest BCUT2D eigenvalue weighted by Gasteiger charge is -2.19. The third-order valence-electron chi connectivity index (χ3n) is 3.09. The molecular formula is C15H18N2O3. The molecule has 5 heteroatoms. The van der Waals surface area contributed by atoms with Crippen molar-refractivity contribution in [3.8, 4) is 0 Å². The molecule has 2 rings (SSSR count). The number of carbonyl (C=O) groups excluding carboxylic acids is 2. The number of H-pyrrole nitrogens is 1. The Morgan fingerprint density at radius 3 is 2.75 bits per heavy atom. The van der Waals surface area contributed by atoms with Gasteiger partial charge in [0.25, 0.3) is 5.91 Å². The Hall–Kier alpha value is -2.30. The molecule has 1 N–H and O–H groups in total. The molecule has 0 atom stereocenters. The van der Waals surface area contributed by atoms with Crippen molar-refractivity contribution in [3.63, 3.8) is 0 Å². The van der Waals surface area contributed by atoms with Gasteiger partial charge in [0, 0.05) is 29.2 Å². The van der Waals surface area contributed by atoms with Crippen LogP contribution in [0.25, 0.3) is 10.9 Å². The van der Waals surface area contributed by atoms with E-state index in [4.69, 9.17) is 4.74 Å². The lowest BCUT2D eigenvalue weighted by molar-refractivity contribution is -0.143. The van der Waals surface area contributed by atoms with Crippen LogP contribution in [-0.4, -0.2) is 41.5 Å². The van der Waals surface area contributed by atoms with E-state index in [0.717, 1.165) is 10.9 Å². The van der Waals surface area contributed by atoms with Gasteiger partial charge in [0.05, 0.1) is 6.61 Å². The zero-order valence-electron chi connectivity index (χ0n) is 11.7. The van der Waals surface area contributed by atoms with Crippen LogP contribution in [0.15, 0.2) is 30.5 Å². The molecule has 0 fully saturated rings. The summed E-state index contributed by atoms with van der Waals surface area (Å²) in [7, 11) is 0. The number of aromatic amines is 1. The zero-order chi connectivity index (χ0) is 14.5. The molecule has 0 aliphatic heterocycles. The number of nitrogens with zero attached hydrogens (tertiary/aromatic N) is 1. The van der Waals surface area contributed by atoms with Crippen LogP contribution in [-0.2, 0) is 9.53 Å². The quantitative estimate of drug-likeness (QED) is 0.850. The first-order valence-corrected chi connectivity index (χ1v) is 6.67. The van der Waals surface area contributed by atoms with Crippen LogP contribution in [0.3, 0.4) is 0 Å². The molecule has 1 aromatic carbocycles. The summed E-state index contributed by atoms with van der Waals surface area (Å²) in [6, 6.07) is 7.35. The van der Waals surface area contributed by atoms with Crippen molar-refractivity contribution in [3.05, 3.63) is 36.0 Å². The number of likely N-dealkylation sites (N-methyl/N-ethyl adjacent to an activating group) is 1. The number of nitrogens with one attached hydrogen (secondary N) is 1. The summed E-state index contributed by atoms with van der Waals surface area (Å²) in [4.78, 5) is 28.4. The monoisotopic (exact) mass is 274 g/mol. The van der Waals surface area contributed by atoms with Crippen LogP contribution < -0.4 is 0 Å². The number of esters is 1. The van der Waals surface area contributed by atoms with Crippen molar-refractivity contribution < 1.29 is 14.3 Å². The van der Waals surface area contributed by atoms with E-state index in [1.807, 2.05) is 31.3 Å². The molecule has 1 heterocycles. The molecular weight excluding hydrogens is 256 g/mol. The van der Waals surface area contributed by atoms with Gasteiger partial charge in [0.1, 0.15) is 6.54 Å². The van der Waals surface area contributed by atoms with Gasteiger partial charge in [-0.05, 0) is 38.1 Å². The van der Waals surface area contributed by atoms with Crippen LogP contribution in [0.5, 0.6) is 0 Å². The third-order valence-corrected chi connectivity index (χ3v) is 3.09. The number of aromatic nitrogens is 1. The molecule has 0 unspecified atom stereocenters. The summed E-state index contributed by atoms with van der Waals surface area (Å²) in [5.41, 5.74) is 1.55. The van der Waals surface area contributed by atoms with E-state index >= 15 is 0 Å². The van der Waals surface area contributed by atoms with Gasteiger partial charge in [-0.2, -0.15) is 0 Å². The number of hydrogen-bond donors (Lipinski definition) is 1. The zero-order valence-corrected chi connectivity index (χ0v) is 11.7. The van der Waals surface area contributed by atoms with E-state index in [2.05, 4.69) is 4.98 Å². The van der Waals surface area contributed by atoms with Gasteiger partial charge < -0.3 is 14.6 Å². The normalized spacial score (nSPS) is 10.5. The number of amides is 1. The summed E-state index contributed by atoms with van der Waals surface area (Å²) in [5.74, 6) is -0.547. The van der Waals surface area contributed by atoms with Gasteiger partial charge >= 0.3 is 5.97 Å². The van der Waals surface area contributed by atoms with Crippen molar-refractivity contribution in [2.24, 2.45) is 0 Å². The number of hydrogen-bond acceptors (Lipinski definition) is 3. The van der Waals surface area contributed by atoms with Gasteiger partial charge in [0.2, 0.25) is 0 Å². The molecule has 5 nitrogen and oxygen atoms in total. The highest BCUT2D eigenvalue weighted by molar-refractivity contribution is 5.99. The van der Waals surface area contributed by atoms with Gasteiger partial charge in [-0.25, -0.2) is 0 Å². The second-order valence-electron chi connectivity index (χ2n) is 4.40. The number of ether oxygens (including phenoxy) is 1. The average Bonchev–Trinajstić information content (AvgIpc) is 2.91. The Labute approximate surface area is 117 Å². The Bertz CT molecular complexity index is 618. The molecule has 0 radical (unpaired) electrons. The van der Waals surface area contributed by atoms with Gasteiger partial charge in [-0.3, -0.25) is 9.59 Å². The molecule has 0 bridgehead atoms. The maximum Gasteiger partial charge on any atom is 0.325 e. The second kappa shape index (κ2) is 6.23. The van der Waals surface area contributed by atoms with Crippen molar-refractivity contribution in [1.82, 2.24) is 9.88 Å². The van der Waals surface area contributed by atoms with Gasteiger partial charge in [-0.1, -0.05) is 0 Å². The van der Waals surface area contributed by atoms with Gasteiger partial charge in [0.15, 0.2) is 0 Å². The highest BCUT2D eigenvalue weighted by Gasteiger charge is 2.18. The summed E-state index contributed by atoms with van der Waals surface area (Å²) in [6.45, 7) is 4.35. The van der Waals surface area contributed by atoms with E-state index in [-0.39, 0.29) is 18.4 Å². The summed E-state index contributed by atoms with van der Waals surface area (Å²) < 4.78 is 4.88. The molecule has 2 aromatic rings. The fourth-order valence-electron chi connectivity index (χ4n) is 2.06. The highest BCUT2D eigenvalue weighted by Crippen LogP contribution is 2.15. The van der Waals surface area contributed by atoms with Crippen LogP contribution in [0.1, 0.15) is 24.2 Å². The number of carbonyl (C=O) groups is 2. The highest BCUT2D eigenvalue weighted by atomic mass is 16.5. The van der Waals surface area contributed by atoms with Crippen molar-refractivity contribution in [1.29, 1.82) is 0 Å². The average molecular weight is 274 g/mol. The topological polar surface area (TPSA) is 62.4 Å². The van der Waals surface area contributed by atoms with Crippen LogP contribution >= 0.6 is 0 Å². The van der Waals surface area contributed by atoms with Crippen molar-refractivity contribution in [2.45, 2.75) is 13.8 Å². The molecule has 0 aliphatic rings. The standard InChI is InChI=1S/C15H18N2O3/c1-3-17(10-14(18)20-4-2)15(19)12-5-6-13-11(9-12)7-8-16-13/h5-9,16H,3-4,10H2,1-2H3. The summed E-state index contributed by atoms with van der Waals surface area (Å²) >= 11 is 0. The van der Waals surface area contributed by atoms with Gasteiger partial charge in [-0.15, -0.1) is 0 Å². The maximum atomic E-state index is 12.4. The van der Waals surface area contributed by atoms with E-state index in [1.54, 1.807) is 13.0 Å². The van der Waals surface area contributed by atoms with Crippen LogP contribution in [0.2, 0.25) is 0 Å². The first-order chi connectivity index (χ1) is 9.65. The predicted octanol–water partition coefficient (Wildman–Crippen LogP) is 2.19. The number of benzene rings is 1. The minimum absolute atomic E-state index is 0.0195. The maximum absolute atomic E-state index is 12.4. The summed E-state index contributed by atoms with van der Waals surface area (Å²) in [6.07, 6.45) is 1.83. The fourth-order valence-corrected chi connectivity index (χ4v) is 2.06. The Kier molecular flexibility index (Phi) is 4.40. The molecule has 0 aliphatic carbocycles. The summed E-state index contributed by atoms with van der Waals surface area (Å²) in [5, 5.41) is 0.975. The van der Waals surface area contributed by atoms with Crippen molar-refractivity contribution in [2.75, 3.05) is 19.7 Å². The lowest BCUT2D eigenvalue weighted by Crippen LogP contribution is -2.36. The van der Waals surface area contributed by atoms with Crippen molar-refractivity contribution >= 4 is 22.8 Å². The SMILES string of the molecule is CCOC(=O)CN(CC)C(=O)c1ccc2[nH]ccc2c1. The van der Waals surface area contributed by atoms with E-state index in [9.17, 15) is 9.59 Å². The molecule has 0 saturated heterocycles. The Morgan fingerprint density at radius 1 is 1.25 bits per heavy atom. The van der Waals surface area contributed by atoms with Crippen LogP contribution in [0, 0.1) is 0 Å². The van der Waals surface area contributed by atoms with E-state index in [1.165, 1.54) is 4.90 Å². The number of fused-ring (bicyclic) bond motifs is 1. The predicted molar refractivity (Wildman–Crippen MR) is 76.5 cm³/mol. The molecule has 1 aromatic heterocycles. The lowest BCUT2D eigenvalue weighted by atomic mass is 10.1. The molecule has 0 saturated carbocycles. The largest absolute Gasteiger partial charge is 0.465 e. The smallest absolute Gasteiger partial charge is 0.325 e. The van der Waals surface area contributed by atoms with Crippen LogP contribution in [0.4, 0.5) is 0 Å². The third kappa shape index (κ3) is 2.99. The van der Waals surface area contributed by atoms with E-state index in [0.29, 0.717) is 18.7 Å². The molecule has 1 amide bonds. The Balaban J connectivity index is 2.16. The Morgan fingerprint density at radius 2 is 2.05 bits per heavy atom. The first kappa shape index (κ1) is 14.1. The second-order valence-corrected chi connectivity index (χ2v) is 4.40. The molecule has 106 valence electrons. The number of rotatable bonds is 5. The first-order valence-electron chi connectivity index (χ1n) is 6.67. The molecule has 0 spiro atoms. The minimum atomic E-state index is -0.384.